The van der Waals surface area contributed by atoms with Crippen LogP contribution in [-0.4, -0.2) is 37.4 Å². The van der Waals surface area contributed by atoms with Crippen molar-refractivity contribution in [2.75, 3.05) is 26.2 Å². The number of nitrogens with one attached hydrogen (secondary N) is 1. The molecule has 33 heavy (non-hydrogen) atoms. The van der Waals surface area contributed by atoms with Crippen molar-refractivity contribution in [3.63, 3.8) is 0 Å². The highest BCUT2D eigenvalue weighted by Gasteiger charge is 2.49. The van der Waals surface area contributed by atoms with Gasteiger partial charge in [-0.2, -0.15) is 0 Å². The van der Waals surface area contributed by atoms with Gasteiger partial charge in [-0.15, -0.1) is 13.2 Å². The summed E-state index contributed by atoms with van der Waals surface area (Å²) in [6, 6.07) is 17.6. The van der Waals surface area contributed by atoms with Gasteiger partial charge in [-0.1, -0.05) is 61.7 Å². The van der Waals surface area contributed by atoms with Crippen LogP contribution in [0.3, 0.4) is 0 Å². The van der Waals surface area contributed by atoms with E-state index in [0.717, 1.165) is 70.3 Å². The lowest BCUT2D eigenvalue weighted by Crippen LogP contribution is -2.54. The third kappa shape index (κ3) is 4.52. The summed E-state index contributed by atoms with van der Waals surface area (Å²) in [6.07, 6.45) is 2.96. The number of halogens is 3. The van der Waals surface area contributed by atoms with E-state index in [1.807, 2.05) is 6.07 Å². The summed E-state index contributed by atoms with van der Waals surface area (Å²) in [5.74, 6) is 0.411. The molecule has 1 N–H and O–H groups in total. The summed E-state index contributed by atoms with van der Waals surface area (Å²) in [5, 5.41) is 3.65. The van der Waals surface area contributed by atoms with E-state index in [1.54, 1.807) is 12.1 Å². The zero-order chi connectivity index (χ0) is 22.9. The summed E-state index contributed by atoms with van der Waals surface area (Å²) in [4.78, 5) is 2.59. The molecule has 2 saturated heterocycles. The van der Waals surface area contributed by atoms with Gasteiger partial charge in [0.25, 0.3) is 0 Å². The Labute approximate surface area is 194 Å². The number of hydrogen-bond acceptors (Lipinski definition) is 3. The molecule has 5 rings (SSSR count). The van der Waals surface area contributed by atoms with E-state index in [0.29, 0.717) is 5.92 Å². The van der Waals surface area contributed by atoms with Crippen molar-refractivity contribution in [1.29, 1.82) is 0 Å². The van der Waals surface area contributed by atoms with Gasteiger partial charge in [-0.25, -0.2) is 0 Å². The molecular weight excluding hydrogens is 425 g/mol. The normalized spacial score (nSPS) is 25.2. The Morgan fingerprint density at radius 1 is 0.879 bits per heavy atom. The second-order valence-corrected chi connectivity index (χ2v) is 10.1. The van der Waals surface area contributed by atoms with Crippen LogP contribution in [0.25, 0.3) is 0 Å². The molecule has 2 aromatic rings. The fourth-order valence-corrected chi connectivity index (χ4v) is 6.77. The van der Waals surface area contributed by atoms with Crippen molar-refractivity contribution in [1.82, 2.24) is 10.2 Å². The molecule has 3 aliphatic rings. The van der Waals surface area contributed by atoms with E-state index >= 15 is 0 Å². The van der Waals surface area contributed by atoms with Crippen LogP contribution < -0.4 is 10.1 Å². The summed E-state index contributed by atoms with van der Waals surface area (Å²) in [5.41, 5.74) is 2.46. The first-order valence-electron chi connectivity index (χ1n) is 12.3. The molecule has 1 spiro atoms. The average Bonchev–Trinajstić information content (AvgIpc) is 3.22. The van der Waals surface area contributed by atoms with Crippen molar-refractivity contribution in [2.45, 2.75) is 62.8 Å². The number of likely N-dealkylation sites (tertiary alicyclic amines) is 1. The minimum atomic E-state index is -4.67. The van der Waals surface area contributed by atoms with Crippen molar-refractivity contribution in [2.24, 2.45) is 5.41 Å². The molecule has 2 aromatic carbocycles. The highest BCUT2D eigenvalue weighted by molar-refractivity contribution is 5.35. The third-order valence-corrected chi connectivity index (χ3v) is 8.42. The lowest BCUT2D eigenvalue weighted by molar-refractivity contribution is -0.274. The van der Waals surface area contributed by atoms with Crippen LogP contribution in [-0.2, 0) is 5.54 Å². The highest BCUT2D eigenvalue weighted by Crippen LogP contribution is 2.51. The van der Waals surface area contributed by atoms with Gasteiger partial charge in [0.05, 0.1) is 0 Å². The molecule has 1 atom stereocenters. The molecule has 1 saturated carbocycles. The van der Waals surface area contributed by atoms with Crippen LogP contribution >= 0.6 is 0 Å². The SMILES string of the molecule is FC(F)(F)Oc1cccc(C2(N3CCC4(CC3)CNCC4c3ccccc3)CCCCC2)c1. The molecule has 3 nitrogen and oxygen atoms in total. The van der Waals surface area contributed by atoms with Crippen LogP contribution in [0.5, 0.6) is 5.75 Å². The maximum absolute atomic E-state index is 12.9. The number of alkyl halides is 3. The van der Waals surface area contributed by atoms with Gasteiger partial charge in [0.1, 0.15) is 5.75 Å². The summed E-state index contributed by atoms with van der Waals surface area (Å²) in [7, 11) is 0. The summed E-state index contributed by atoms with van der Waals surface area (Å²) in [6.45, 7) is 4.03. The minimum absolute atomic E-state index is 0.109. The molecule has 2 aliphatic heterocycles. The lowest BCUT2D eigenvalue weighted by atomic mass is 9.66. The van der Waals surface area contributed by atoms with E-state index < -0.39 is 6.36 Å². The van der Waals surface area contributed by atoms with E-state index in [4.69, 9.17) is 0 Å². The predicted octanol–water partition coefficient (Wildman–Crippen LogP) is 6.21. The Bertz CT molecular complexity index is 932. The van der Waals surface area contributed by atoms with E-state index in [2.05, 4.69) is 45.3 Å². The maximum Gasteiger partial charge on any atom is 0.573 e. The monoisotopic (exact) mass is 458 g/mol. The first-order chi connectivity index (χ1) is 15.9. The largest absolute Gasteiger partial charge is 0.573 e. The number of hydrogen-bond donors (Lipinski definition) is 1. The third-order valence-electron chi connectivity index (χ3n) is 8.42. The van der Waals surface area contributed by atoms with Crippen molar-refractivity contribution in [3.8, 4) is 5.75 Å². The quantitative estimate of drug-likeness (QED) is 0.589. The zero-order valence-corrected chi connectivity index (χ0v) is 19.0. The molecular formula is C27H33F3N2O. The fourth-order valence-electron chi connectivity index (χ4n) is 6.77. The zero-order valence-electron chi connectivity index (χ0n) is 19.0. The van der Waals surface area contributed by atoms with Crippen LogP contribution in [0.1, 0.15) is 62.0 Å². The van der Waals surface area contributed by atoms with Crippen molar-refractivity contribution >= 4 is 0 Å². The van der Waals surface area contributed by atoms with Gasteiger partial charge in [0.15, 0.2) is 0 Å². The Balaban J connectivity index is 1.39. The van der Waals surface area contributed by atoms with Crippen LogP contribution in [0.15, 0.2) is 54.6 Å². The smallest absolute Gasteiger partial charge is 0.406 e. The Hall–Kier alpha value is -2.05. The van der Waals surface area contributed by atoms with Gasteiger partial charge >= 0.3 is 6.36 Å². The van der Waals surface area contributed by atoms with Gasteiger partial charge < -0.3 is 10.1 Å². The number of nitrogens with zero attached hydrogens (tertiary/aromatic N) is 1. The first-order valence-corrected chi connectivity index (χ1v) is 12.3. The van der Waals surface area contributed by atoms with Crippen molar-refractivity contribution < 1.29 is 17.9 Å². The summed E-state index contributed by atoms with van der Waals surface area (Å²) >= 11 is 0. The van der Waals surface area contributed by atoms with Crippen LogP contribution in [0.2, 0.25) is 0 Å². The lowest BCUT2D eigenvalue weighted by Gasteiger charge is -2.52. The predicted molar refractivity (Wildman–Crippen MR) is 123 cm³/mol. The number of benzene rings is 2. The number of ether oxygens (including phenoxy) is 1. The Morgan fingerprint density at radius 3 is 2.30 bits per heavy atom. The maximum atomic E-state index is 12.9. The molecule has 3 fully saturated rings. The highest BCUT2D eigenvalue weighted by atomic mass is 19.4. The summed E-state index contributed by atoms with van der Waals surface area (Å²) < 4.78 is 42.9. The average molecular weight is 459 g/mol. The Kier molecular flexibility index (Phi) is 6.17. The molecule has 2 heterocycles. The van der Waals surface area contributed by atoms with Gasteiger partial charge in [-0.05, 0) is 67.4 Å². The number of piperidine rings is 1. The van der Waals surface area contributed by atoms with E-state index in [9.17, 15) is 13.2 Å². The Morgan fingerprint density at radius 2 is 1.61 bits per heavy atom. The van der Waals surface area contributed by atoms with E-state index in [1.165, 1.54) is 18.1 Å². The molecule has 0 radical (unpaired) electrons. The molecule has 6 heteroatoms. The van der Waals surface area contributed by atoms with Crippen LogP contribution in [0.4, 0.5) is 13.2 Å². The standard InChI is InChI=1S/C27H33F3N2O/c28-27(29,30)33-23-11-7-10-22(18-23)26(12-5-2-6-13-26)32-16-14-25(15-17-32)20-31-19-24(25)21-8-3-1-4-9-21/h1,3-4,7-11,18,24,31H,2,5-6,12-17,19-20H2. The minimum Gasteiger partial charge on any atom is -0.406 e. The van der Waals surface area contributed by atoms with E-state index in [-0.39, 0.29) is 16.7 Å². The molecule has 1 aliphatic carbocycles. The molecule has 1 unspecified atom stereocenters. The molecule has 0 aromatic heterocycles. The van der Waals surface area contributed by atoms with Gasteiger partial charge in [-0.3, -0.25) is 4.90 Å². The number of rotatable bonds is 4. The fraction of sp³-hybridized carbons (Fsp3) is 0.556. The van der Waals surface area contributed by atoms with Gasteiger partial charge in [0, 0.05) is 24.5 Å². The second-order valence-electron chi connectivity index (χ2n) is 10.1. The first kappa shape index (κ1) is 22.7. The molecule has 0 bridgehead atoms. The van der Waals surface area contributed by atoms with Crippen LogP contribution in [0, 0.1) is 5.41 Å². The second kappa shape index (κ2) is 8.95. The topological polar surface area (TPSA) is 24.5 Å². The van der Waals surface area contributed by atoms with Gasteiger partial charge in [0.2, 0.25) is 0 Å². The van der Waals surface area contributed by atoms with Crippen molar-refractivity contribution in [3.05, 3.63) is 65.7 Å². The molecule has 0 amide bonds. The molecule has 178 valence electrons.